The topological polar surface area (TPSA) is 15.3 Å². The second-order valence-corrected chi connectivity index (χ2v) is 5.43. The minimum Gasteiger partial charge on any atom is -0.316 e. The molecule has 92 valence electrons. The van der Waals surface area contributed by atoms with Gasteiger partial charge in [0.25, 0.3) is 0 Å². The molecule has 3 rings (SSSR count). The van der Waals surface area contributed by atoms with Gasteiger partial charge in [-0.15, -0.1) is 0 Å². The highest BCUT2D eigenvalue weighted by Gasteiger charge is 2.20. The van der Waals surface area contributed by atoms with Crippen molar-refractivity contribution in [3.63, 3.8) is 0 Å². The normalized spacial score (nSPS) is 25.5. The molecule has 1 N–H and O–H groups in total. The molecule has 0 aromatic heterocycles. The molecule has 1 aromatic carbocycles. The Bertz CT molecular complexity index is 342. The molecule has 0 spiro atoms. The van der Waals surface area contributed by atoms with Gasteiger partial charge in [0.05, 0.1) is 0 Å². The molecule has 0 amide bonds. The summed E-state index contributed by atoms with van der Waals surface area (Å²) in [5.74, 6) is 0.885. The van der Waals surface area contributed by atoms with Crippen molar-refractivity contribution in [2.24, 2.45) is 5.92 Å². The molecule has 2 aliphatic heterocycles. The average Bonchev–Trinajstić information content (AvgIpc) is 2.78. The lowest BCUT2D eigenvalue weighted by Gasteiger charge is -2.23. The second kappa shape index (κ2) is 5.19. The Hall–Kier alpha value is -0.860. The van der Waals surface area contributed by atoms with Gasteiger partial charge in [-0.05, 0) is 49.4 Å². The molecule has 2 nitrogen and oxygen atoms in total. The van der Waals surface area contributed by atoms with Gasteiger partial charge in [0.2, 0.25) is 0 Å². The van der Waals surface area contributed by atoms with Crippen LogP contribution in [0.3, 0.4) is 0 Å². The third-order valence-electron chi connectivity index (χ3n) is 4.19. The van der Waals surface area contributed by atoms with Crippen molar-refractivity contribution < 1.29 is 0 Å². The van der Waals surface area contributed by atoms with Crippen LogP contribution in [-0.4, -0.2) is 37.6 Å². The summed E-state index contributed by atoms with van der Waals surface area (Å²) in [6, 6.07) is 8.96. The lowest BCUT2D eigenvalue weighted by atomic mass is 10.0. The Labute approximate surface area is 104 Å². The molecular formula is C15H22N2. The van der Waals surface area contributed by atoms with Crippen molar-refractivity contribution in [3.8, 4) is 0 Å². The summed E-state index contributed by atoms with van der Waals surface area (Å²) in [6.07, 6.45) is 3.83. The van der Waals surface area contributed by atoms with E-state index in [1.54, 1.807) is 11.1 Å². The smallest absolute Gasteiger partial charge is 0.00225 e. The standard InChI is InChI=1S/C15H22N2/c1-2-4-15-7-10-17(9-6-14(15)3-1)12-13-5-8-16-11-13/h1-4,13,16H,5-12H2. The molecule has 1 unspecified atom stereocenters. The van der Waals surface area contributed by atoms with E-state index in [2.05, 4.69) is 34.5 Å². The number of nitrogens with one attached hydrogen (secondary N) is 1. The predicted octanol–water partition coefficient (Wildman–Crippen LogP) is 1.70. The summed E-state index contributed by atoms with van der Waals surface area (Å²) < 4.78 is 0. The molecule has 0 saturated carbocycles. The van der Waals surface area contributed by atoms with Crippen molar-refractivity contribution in [2.45, 2.75) is 19.3 Å². The highest BCUT2D eigenvalue weighted by Crippen LogP contribution is 2.17. The average molecular weight is 230 g/mol. The summed E-state index contributed by atoms with van der Waals surface area (Å²) >= 11 is 0. The maximum atomic E-state index is 3.47. The SMILES string of the molecule is c1ccc2c(c1)CCN(CC1CCNC1)CC2. The fraction of sp³-hybridized carbons (Fsp3) is 0.600. The van der Waals surface area contributed by atoms with E-state index < -0.39 is 0 Å². The van der Waals surface area contributed by atoms with Gasteiger partial charge in [-0.3, -0.25) is 0 Å². The van der Waals surface area contributed by atoms with Gasteiger partial charge in [0.15, 0.2) is 0 Å². The fourth-order valence-corrected chi connectivity index (χ4v) is 3.13. The number of rotatable bonds is 2. The molecule has 0 bridgehead atoms. The van der Waals surface area contributed by atoms with Gasteiger partial charge < -0.3 is 10.2 Å². The Morgan fingerprint density at radius 2 is 1.82 bits per heavy atom. The number of fused-ring (bicyclic) bond motifs is 1. The van der Waals surface area contributed by atoms with Crippen molar-refractivity contribution in [3.05, 3.63) is 35.4 Å². The molecule has 0 aliphatic carbocycles. The van der Waals surface area contributed by atoms with Gasteiger partial charge in [-0.2, -0.15) is 0 Å². The lowest BCUT2D eigenvalue weighted by molar-refractivity contribution is 0.247. The molecule has 1 fully saturated rings. The van der Waals surface area contributed by atoms with Gasteiger partial charge >= 0.3 is 0 Å². The maximum absolute atomic E-state index is 3.47. The molecule has 2 heteroatoms. The van der Waals surface area contributed by atoms with E-state index in [0.29, 0.717) is 0 Å². The number of hydrogen-bond donors (Lipinski definition) is 1. The van der Waals surface area contributed by atoms with Gasteiger partial charge in [0, 0.05) is 19.6 Å². The summed E-state index contributed by atoms with van der Waals surface area (Å²) in [5.41, 5.74) is 3.14. The number of hydrogen-bond acceptors (Lipinski definition) is 2. The Kier molecular flexibility index (Phi) is 3.44. The molecule has 1 saturated heterocycles. The van der Waals surface area contributed by atoms with E-state index in [0.717, 1.165) is 5.92 Å². The van der Waals surface area contributed by atoms with Gasteiger partial charge in [0.1, 0.15) is 0 Å². The third-order valence-corrected chi connectivity index (χ3v) is 4.19. The van der Waals surface area contributed by atoms with Gasteiger partial charge in [-0.1, -0.05) is 24.3 Å². The van der Waals surface area contributed by atoms with Crippen molar-refractivity contribution >= 4 is 0 Å². The van der Waals surface area contributed by atoms with Crippen LogP contribution in [0, 0.1) is 5.92 Å². The zero-order valence-electron chi connectivity index (χ0n) is 10.5. The summed E-state index contributed by atoms with van der Waals surface area (Å²) in [4.78, 5) is 2.66. The Morgan fingerprint density at radius 1 is 1.12 bits per heavy atom. The first kappa shape index (κ1) is 11.2. The van der Waals surface area contributed by atoms with Crippen molar-refractivity contribution in [2.75, 3.05) is 32.7 Å². The highest BCUT2D eigenvalue weighted by atomic mass is 15.1. The predicted molar refractivity (Wildman–Crippen MR) is 71.3 cm³/mol. The largest absolute Gasteiger partial charge is 0.316 e. The van der Waals surface area contributed by atoms with E-state index in [9.17, 15) is 0 Å². The van der Waals surface area contributed by atoms with E-state index in [4.69, 9.17) is 0 Å². The molecule has 2 aliphatic rings. The van der Waals surface area contributed by atoms with Crippen LogP contribution in [-0.2, 0) is 12.8 Å². The monoisotopic (exact) mass is 230 g/mol. The molecular weight excluding hydrogens is 208 g/mol. The van der Waals surface area contributed by atoms with Crippen LogP contribution >= 0.6 is 0 Å². The van der Waals surface area contributed by atoms with Crippen LogP contribution in [0.2, 0.25) is 0 Å². The first-order valence-electron chi connectivity index (χ1n) is 6.91. The third kappa shape index (κ3) is 2.70. The summed E-state index contributed by atoms with van der Waals surface area (Å²) in [5, 5.41) is 3.47. The summed E-state index contributed by atoms with van der Waals surface area (Å²) in [6.45, 7) is 6.23. The first-order valence-corrected chi connectivity index (χ1v) is 6.91. The number of nitrogens with zero attached hydrogens (tertiary/aromatic N) is 1. The van der Waals surface area contributed by atoms with Crippen LogP contribution in [0.1, 0.15) is 17.5 Å². The fourth-order valence-electron chi connectivity index (χ4n) is 3.13. The van der Waals surface area contributed by atoms with Crippen LogP contribution in [0.4, 0.5) is 0 Å². The minimum absolute atomic E-state index is 0.885. The van der Waals surface area contributed by atoms with E-state index in [1.165, 1.54) is 52.0 Å². The second-order valence-electron chi connectivity index (χ2n) is 5.43. The van der Waals surface area contributed by atoms with Gasteiger partial charge in [-0.25, -0.2) is 0 Å². The maximum Gasteiger partial charge on any atom is 0.00225 e. The molecule has 0 radical (unpaired) electrons. The quantitative estimate of drug-likeness (QED) is 0.832. The minimum atomic E-state index is 0.885. The van der Waals surface area contributed by atoms with Crippen LogP contribution < -0.4 is 5.32 Å². The number of benzene rings is 1. The van der Waals surface area contributed by atoms with Crippen molar-refractivity contribution in [1.82, 2.24) is 10.2 Å². The zero-order valence-corrected chi connectivity index (χ0v) is 10.5. The van der Waals surface area contributed by atoms with Crippen LogP contribution in [0.25, 0.3) is 0 Å². The molecule has 2 heterocycles. The first-order chi connectivity index (χ1) is 8.42. The van der Waals surface area contributed by atoms with E-state index in [1.807, 2.05) is 0 Å². The highest BCUT2D eigenvalue weighted by molar-refractivity contribution is 5.28. The lowest BCUT2D eigenvalue weighted by Crippen LogP contribution is -2.32. The Morgan fingerprint density at radius 3 is 2.41 bits per heavy atom. The molecule has 1 atom stereocenters. The van der Waals surface area contributed by atoms with E-state index >= 15 is 0 Å². The Balaban J connectivity index is 1.60. The molecule has 1 aromatic rings. The van der Waals surface area contributed by atoms with Crippen molar-refractivity contribution in [1.29, 1.82) is 0 Å². The van der Waals surface area contributed by atoms with Crippen LogP contribution in [0.15, 0.2) is 24.3 Å². The van der Waals surface area contributed by atoms with E-state index in [-0.39, 0.29) is 0 Å². The van der Waals surface area contributed by atoms with Crippen LogP contribution in [0.5, 0.6) is 0 Å². The zero-order chi connectivity index (χ0) is 11.5. The molecule has 17 heavy (non-hydrogen) atoms. The summed E-state index contributed by atoms with van der Waals surface area (Å²) in [7, 11) is 0.